The first-order valence-corrected chi connectivity index (χ1v) is 9.52. The molecule has 2 aromatic rings. The van der Waals surface area contributed by atoms with Crippen LogP contribution in [0.4, 0.5) is 0 Å². The Hall–Kier alpha value is -2.36. The molecule has 1 atom stereocenters. The van der Waals surface area contributed by atoms with Gasteiger partial charge in [-0.05, 0) is 47.5 Å². The molecular weight excluding hydrogens is 379 g/mol. The Morgan fingerprint density at radius 2 is 1.85 bits per heavy atom. The van der Waals surface area contributed by atoms with Crippen LogP contribution in [0.1, 0.15) is 15.9 Å². The minimum atomic E-state index is -0.293. The van der Waals surface area contributed by atoms with Crippen molar-refractivity contribution in [2.45, 2.75) is 0 Å². The molecule has 2 aromatic carbocycles. The summed E-state index contributed by atoms with van der Waals surface area (Å²) in [5.41, 5.74) is 3.75. The lowest BCUT2D eigenvalue weighted by molar-refractivity contribution is 0.0948. The van der Waals surface area contributed by atoms with E-state index in [1.54, 1.807) is 24.3 Å². The highest BCUT2D eigenvalue weighted by atomic mass is 35.5. The van der Waals surface area contributed by atoms with Crippen LogP contribution in [0.5, 0.6) is 0 Å². The summed E-state index contributed by atoms with van der Waals surface area (Å²) in [6, 6.07) is 14.8. The highest BCUT2D eigenvalue weighted by Gasteiger charge is 2.29. The Morgan fingerprint density at radius 3 is 2.59 bits per heavy atom. The summed E-state index contributed by atoms with van der Waals surface area (Å²) in [4.78, 5) is 19.8. The highest BCUT2D eigenvalue weighted by molar-refractivity contribution is 6.31. The van der Waals surface area contributed by atoms with Gasteiger partial charge in [0.15, 0.2) is 5.78 Å². The number of halogens is 2. The van der Waals surface area contributed by atoms with Crippen molar-refractivity contribution in [1.82, 2.24) is 4.90 Å². The fourth-order valence-electron chi connectivity index (χ4n) is 3.48. The van der Waals surface area contributed by atoms with E-state index in [-0.39, 0.29) is 11.7 Å². The molecule has 0 saturated carbocycles. The Morgan fingerprint density at radius 1 is 1.07 bits per heavy atom. The van der Waals surface area contributed by atoms with E-state index in [0.717, 1.165) is 29.1 Å². The number of likely N-dealkylation sites (N-methyl/N-ethyl adjacent to an activating group) is 1. The van der Waals surface area contributed by atoms with E-state index in [1.165, 1.54) is 0 Å². The third-order valence-electron chi connectivity index (χ3n) is 4.87. The molecule has 0 bridgehead atoms. The highest BCUT2D eigenvalue weighted by Crippen LogP contribution is 2.33. The van der Waals surface area contributed by atoms with Crippen LogP contribution in [0, 0.1) is 5.92 Å². The van der Waals surface area contributed by atoms with E-state index in [9.17, 15) is 4.79 Å². The molecule has 3 nitrogen and oxygen atoms in total. The van der Waals surface area contributed by atoms with E-state index in [4.69, 9.17) is 28.2 Å². The third-order valence-corrected chi connectivity index (χ3v) is 5.36. The van der Waals surface area contributed by atoms with Crippen LogP contribution in [0.3, 0.4) is 0 Å². The average molecular weight is 397 g/mol. The van der Waals surface area contributed by atoms with Gasteiger partial charge in [0.2, 0.25) is 0 Å². The number of fused-ring (bicyclic) bond motifs is 1. The van der Waals surface area contributed by atoms with E-state index < -0.39 is 0 Å². The number of rotatable bonds is 3. The maximum absolute atomic E-state index is 13.0. The number of amidine groups is 1. The number of ketones is 1. The van der Waals surface area contributed by atoms with Crippen molar-refractivity contribution in [3.8, 4) is 0 Å². The number of dihydropyridines is 1. The minimum absolute atomic E-state index is 0.0561. The number of nitrogens with zero attached hydrogens (tertiary/aromatic N) is 2. The molecule has 136 valence electrons. The van der Waals surface area contributed by atoms with Gasteiger partial charge in [-0.1, -0.05) is 47.5 Å². The molecule has 0 N–H and O–H groups in total. The fourth-order valence-corrected chi connectivity index (χ4v) is 3.79. The quantitative estimate of drug-likeness (QED) is 0.671. The van der Waals surface area contributed by atoms with Crippen LogP contribution in [0.2, 0.25) is 10.0 Å². The normalized spacial score (nSPS) is 19.0. The molecule has 2 heterocycles. The average Bonchev–Trinajstić information content (AvgIpc) is 2.68. The first-order valence-electron chi connectivity index (χ1n) is 8.77. The van der Waals surface area contributed by atoms with Crippen LogP contribution in [0.15, 0.2) is 71.2 Å². The molecule has 2 aliphatic rings. The molecule has 5 heteroatoms. The first-order chi connectivity index (χ1) is 13.0. The van der Waals surface area contributed by atoms with Gasteiger partial charge in [-0.25, -0.2) is 0 Å². The molecule has 1 unspecified atom stereocenters. The summed E-state index contributed by atoms with van der Waals surface area (Å²) in [5, 5.41) is 1.31. The van der Waals surface area contributed by atoms with Crippen molar-refractivity contribution in [2.75, 3.05) is 20.1 Å². The number of benzene rings is 2. The van der Waals surface area contributed by atoms with Crippen LogP contribution in [0.25, 0.3) is 5.57 Å². The van der Waals surface area contributed by atoms with Gasteiger partial charge in [-0.15, -0.1) is 0 Å². The van der Waals surface area contributed by atoms with E-state index >= 15 is 0 Å². The smallest absolute Gasteiger partial charge is 0.171 e. The molecule has 0 amide bonds. The van der Waals surface area contributed by atoms with Crippen LogP contribution in [-0.4, -0.2) is 36.7 Å². The molecule has 0 saturated heterocycles. The summed E-state index contributed by atoms with van der Waals surface area (Å²) in [6.45, 7) is 1.22. The topological polar surface area (TPSA) is 32.7 Å². The largest absolute Gasteiger partial charge is 0.356 e. The summed E-state index contributed by atoms with van der Waals surface area (Å²) in [5.74, 6) is 0.687. The lowest BCUT2D eigenvalue weighted by Gasteiger charge is -2.32. The van der Waals surface area contributed by atoms with Gasteiger partial charge in [0.25, 0.3) is 0 Å². The number of Topliss-reactive ketones (excluding diaryl/α,β-unsaturated/α-hetero) is 1. The van der Waals surface area contributed by atoms with Crippen molar-refractivity contribution in [1.29, 1.82) is 0 Å². The molecule has 4 rings (SSSR count). The van der Waals surface area contributed by atoms with Crippen molar-refractivity contribution in [2.24, 2.45) is 10.9 Å². The second-order valence-electron chi connectivity index (χ2n) is 6.73. The number of hydrogen-bond acceptors (Lipinski definition) is 3. The van der Waals surface area contributed by atoms with E-state index in [1.807, 2.05) is 37.4 Å². The third kappa shape index (κ3) is 3.58. The Bertz CT molecular complexity index is 990. The number of hydrogen-bond donors (Lipinski definition) is 0. The zero-order valence-electron chi connectivity index (χ0n) is 14.8. The summed E-state index contributed by atoms with van der Waals surface area (Å²) >= 11 is 12.1. The van der Waals surface area contributed by atoms with Gasteiger partial charge in [0.05, 0.1) is 12.5 Å². The van der Waals surface area contributed by atoms with Crippen LogP contribution < -0.4 is 0 Å². The van der Waals surface area contributed by atoms with Gasteiger partial charge in [0.1, 0.15) is 5.84 Å². The molecule has 0 spiro atoms. The number of aliphatic imine (C=N–C) groups is 1. The molecule has 2 aliphatic heterocycles. The van der Waals surface area contributed by atoms with Gasteiger partial charge in [-0.3, -0.25) is 9.79 Å². The van der Waals surface area contributed by atoms with Crippen LogP contribution >= 0.6 is 23.2 Å². The molecule has 0 radical (unpaired) electrons. The maximum Gasteiger partial charge on any atom is 0.171 e. The lowest BCUT2D eigenvalue weighted by Crippen LogP contribution is -2.36. The fraction of sp³-hybridized carbons (Fsp3) is 0.182. The van der Waals surface area contributed by atoms with Crippen LogP contribution in [-0.2, 0) is 0 Å². The maximum atomic E-state index is 13.0. The Labute approximate surface area is 168 Å². The SMILES string of the molecule is CN1CC=C(c2cccc(Cl)c2)C2=CC(C(=O)c3ccc(Cl)cc3)CN=C21. The van der Waals surface area contributed by atoms with E-state index in [0.29, 0.717) is 22.2 Å². The monoisotopic (exact) mass is 396 g/mol. The Balaban J connectivity index is 1.71. The van der Waals surface area contributed by atoms with Crippen molar-refractivity contribution in [3.63, 3.8) is 0 Å². The van der Waals surface area contributed by atoms with Gasteiger partial charge in [-0.2, -0.15) is 0 Å². The summed E-state index contributed by atoms with van der Waals surface area (Å²) < 4.78 is 0. The molecular formula is C22H18Cl2N2O. The van der Waals surface area contributed by atoms with Crippen molar-refractivity contribution < 1.29 is 4.79 Å². The van der Waals surface area contributed by atoms with Gasteiger partial charge < -0.3 is 4.90 Å². The molecule has 0 aliphatic carbocycles. The number of carbonyl (C=O) groups is 1. The first kappa shape index (κ1) is 18.0. The van der Waals surface area contributed by atoms with Gasteiger partial charge in [0, 0.05) is 34.8 Å². The van der Waals surface area contributed by atoms with Crippen molar-refractivity contribution >= 4 is 40.4 Å². The zero-order chi connectivity index (χ0) is 19.0. The molecule has 0 fully saturated rings. The predicted octanol–water partition coefficient (Wildman–Crippen LogP) is 5.16. The molecule has 27 heavy (non-hydrogen) atoms. The number of carbonyl (C=O) groups excluding carboxylic acids is 1. The van der Waals surface area contributed by atoms with Crippen molar-refractivity contribution in [3.05, 3.63) is 87.4 Å². The molecule has 0 aromatic heterocycles. The Kier molecular flexibility index (Phi) is 4.90. The standard InChI is InChI=1S/C22H18Cl2N2O/c1-26-10-9-19(15-3-2-4-18(24)11-15)20-12-16(13-25-22(20)26)21(27)14-5-7-17(23)8-6-14/h2-9,11-12,16H,10,13H2,1H3. The minimum Gasteiger partial charge on any atom is -0.356 e. The van der Waals surface area contributed by atoms with E-state index in [2.05, 4.69) is 11.0 Å². The second kappa shape index (κ2) is 7.34. The van der Waals surface area contributed by atoms with Gasteiger partial charge >= 0.3 is 0 Å². The lowest BCUT2D eigenvalue weighted by atomic mass is 9.86. The summed E-state index contributed by atoms with van der Waals surface area (Å²) in [6.07, 6.45) is 4.20. The summed E-state index contributed by atoms with van der Waals surface area (Å²) in [7, 11) is 2.01. The predicted molar refractivity (Wildman–Crippen MR) is 112 cm³/mol. The second-order valence-corrected chi connectivity index (χ2v) is 7.60. The zero-order valence-corrected chi connectivity index (χ0v) is 16.3.